The quantitative estimate of drug-likeness (QED) is 0.832. The predicted molar refractivity (Wildman–Crippen MR) is 56.2 cm³/mol. The normalized spacial score (nSPS) is 12.3. The van der Waals surface area contributed by atoms with E-state index in [1.807, 2.05) is 0 Å². The Hall–Kier alpha value is -0.210. The lowest BCUT2D eigenvalue weighted by Crippen LogP contribution is -1.92. The maximum atomic E-state index is 9.49. The Balaban J connectivity index is 2.83. The van der Waals surface area contributed by atoms with Gasteiger partial charge < -0.3 is 5.11 Å². The second-order valence-corrected chi connectivity index (χ2v) is 3.90. The lowest BCUT2D eigenvalue weighted by atomic mass is 10.1. The van der Waals surface area contributed by atoms with Crippen molar-refractivity contribution in [2.75, 3.05) is 0 Å². The van der Waals surface area contributed by atoms with Crippen molar-refractivity contribution >= 4 is 34.8 Å². The van der Waals surface area contributed by atoms with Crippen LogP contribution in [0, 0.1) is 0 Å². The monoisotopic (exact) mass is 236 g/mol. The summed E-state index contributed by atoms with van der Waals surface area (Å²) in [5.74, 6) is 0. The SMILES string of the molecule is OC(C=C(Cl)Cl)c1ccc(Cl)cc1. The van der Waals surface area contributed by atoms with Crippen LogP contribution in [-0.4, -0.2) is 5.11 Å². The first kappa shape index (κ1) is 10.9. The van der Waals surface area contributed by atoms with Gasteiger partial charge in [0.15, 0.2) is 0 Å². The van der Waals surface area contributed by atoms with Crippen molar-refractivity contribution in [1.29, 1.82) is 0 Å². The zero-order valence-electron chi connectivity index (χ0n) is 6.55. The third kappa shape index (κ3) is 3.57. The van der Waals surface area contributed by atoms with Gasteiger partial charge in [0.25, 0.3) is 0 Å². The van der Waals surface area contributed by atoms with E-state index >= 15 is 0 Å². The highest BCUT2D eigenvalue weighted by molar-refractivity contribution is 6.55. The number of aliphatic hydroxyl groups is 1. The smallest absolute Gasteiger partial charge is 0.105 e. The van der Waals surface area contributed by atoms with Crippen molar-refractivity contribution in [3.63, 3.8) is 0 Å². The molecular formula is C9H7Cl3O. The molecule has 1 nitrogen and oxygen atoms in total. The van der Waals surface area contributed by atoms with Crippen LogP contribution in [0.5, 0.6) is 0 Å². The zero-order chi connectivity index (χ0) is 9.84. The lowest BCUT2D eigenvalue weighted by molar-refractivity contribution is 0.228. The number of aliphatic hydroxyl groups excluding tert-OH is 1. The lowest BCUT2D eigenvalue weighted by Gasteiger charge is -2.05. The summed E-state index contributed by atoms with van der Waals surface area (Å²) >= 11 is 16.5. The summed E-state index contributed by atoms with van der Waals surface area (Å²) in [7, 11) is 0. The highest BCUT2D eigenvalue weighted by atomic mass is 35.5. The number of hydrogen-bond donors (Lipinski definition) is 1. The highest BCUT2D eigenvalue weighted by Crippen LogP contribution is 2.20. The van der Waals surface area contributed by atoms with Crippen molar-refractivity contribution in [1.82, 2.24) is 0 Å². The van der Waals surface area contributed by atoms with Crippen LogP contribution >= 0.6 is 34.8 Å². The molecule has 1 unspecified atom stereocenters. The summed E-state index contributed by atoms with van der Waals surface area (Å²) in [6, 6.07) is 6.80. The summed E-state index contributed by atoms with van der Waals surface area (Å²) in [4.78, 5) is 0. The second kappa shape index (κ2) is 4.87. The molecule has 0 aliphatic rings. The molecule has 0 saturated heterocycles. The van der Waals surface area contributed by atoms with Gasteiger partial charge in [0.05, 0.1) is 6.10 Å². The van der Waals surface area contributed by atoms with Gasteiger partial charge in [-0.15, -0.1) is 0 Å². The van der Waals surface area contributed by atoms with E-state index < -0.39 is 6.10 Å². The average molecular weight is 238 g/mol. The number of rotatable bonds is 2. The minimum atomic E-state index is -0.790. The molecule has 0 radical (unpaired) electrons. The highest BCUT2D eigenvalue weighted by Gasteiger charge is 2.03. The Kier molecular flexibility index (Phi) is 4.07. The summed E-state index contributed by atoms with van der Waals surface area (Å²) in [5.41, 5.74) is 0.697. The van der Waals surface area contributed by atoms with E-state index in [-0.39, 0.29) is 4.49 Å². The molecule has 0 bridgehead atoms. The topological polar surface area (TPSA) is 20.2 Å². The van der Waals surface area contributed by atoms with Crippen LogP contribution in [0.3, 0.4) is 0 Å². The predicted octanol–water partition coefficient (Wildman–Crippen LogP) is 3.69. The van der Waals surface area contributed by atoms with Crippen molar-refractivity contribution in [3.8, 4) is 0 Å². The van der Waals surface area contributed by atoms with E-state index in [4.69, 9.17) is 34.8 Å². The van der Waals surface area contributed by atoms with E-state index in [1.165, 1.54) is 6.08 Å². The minimum Gasteiger partial charge on any atom is -0.384 e. The molecule has 1 atom stereocenters. The molecule has 1 N–H and O–H groups in total. The number of halogens is 3. The molecule has 0 aliphatic carbocycles. The third-order valence-corrected chi connectivity index (χ3v) is 2.00. The van der Waals surface area contributed by atoms with Crippen LogP contribution in [0.4, 0.5) is 0 Å². The summed E-state index contributed by atoms with van der Waals surface area (Å²) in [5, 5.41) is 10.1. The number of benzene rings is 1. The van der Waals surface area contributed by atoms with E-state index in [9.17, 15) is 5.11 Å². The van der Waals surface area contributed by atoms with E-state index in [0.29, 0.717) is 10.6 Å². The molecule has 0 spiro atoms. The van der Waals surface area contributed by atoms with Crippen LogP contribution in [0.1, 0.15) is 11.7 Å². The maximum absolute atomic E-state index is 9.49. The molecule has 0 aliphatic heterocycles. The van der Waals surface area contributed by atoms with Gasteiger partial charge in [-0.1, -0.05) is 46.9 Å². The van der Waals surface area contributed by atoms with Crippen LogP contribution in [-0.2, 0) is 0 Å². The van der Waals surface area contributed by atoms with Crippen molar-refractivity contribution < 1.29 is 5.11 Å². The summed E-state index contributed by atoms with van der Waals surface area (Å²) in [6.45, 7) is 0. The molecule has 70 valence electrons. The third-order valence-electron chi connectivity index (χ3n) is 1.50. The molecule has 13 heavy (non-hydrogen) atoms. The molecule has 0 aromatic heterocycles. The van der Waals surface area contributed by atoms with Crippen LogP contribution in [0.15, 0.2) is 34.8 Å². The zero-order valence-corrected chi connectivity index (χ0v) is 8.81. The molecule has 0 heterocycles. The minimum absolute atomic E-state index is 0.0439. The Morgan fingerprint density at radius 1 is 1.23 bits per heavy atom. The van der Waals surface area contributed by atoms with Crippen LogP contribution < -0.4 is 0 Å². The van der Waals surface area contributed by atoms with Gasteiger partial charge in [-0.25, -0.2) is 0 Å². The molecule has 1 aromatic rings. The molecule has 0 saturated carbocycles. The Morgan fingerprint density at radius 2 is 1.77 bits per heavy atom. The summed E-state index contributed by atoms with van der Waals surface area (Å²) < 4.78 is 0.0439. The summed E-state index contributed by atoms with van der Waals surface area (Å²) in [6.07, 6.45) is 0.550. The first-order chi connectivity index (χ1) is 6.09. The molecular weight excluding hydrogens is 230 g/mol. The van der Waals surface area contributed by atoms with Crippen molar-refractivity contribution in [2.45, 2.75) is 6.10 Å². The Labute approximate surface area is 91.5 Å². The first-order valence-electron chi connectivity index (χ1n) is 3.56. The Bertz CT molecular complexity index is 301. The molecule has 1 aromatic carbocycles. The Morgan fingerprint density at radius 3 is 2.23 bits per heavy atom. The molecule has 0 fully saturated rings. The first-order valence-corrected chi connectivity index (χ1v) is 4.69. The fourth-order valence-electron chi connectivity index (χ4n) is 0.876. The maximum Gasteiger partial charge on any atom is 0.105 e. The van der Waals surface area contributed by atoms with Crippen molar-refractivity contribution in [2.24, 2.45) is 0 Å². The van der Waals surface area contributed by atoms with Gasteiger partial charge in [0.2, 0.25) is 0 Å². The van der Waals surface area contributed by atoms with Crippen molar-refractivity contribution in [3.05, 3.63) is 45.4 Å². The van der Waals surface area contributed by atoms with Gasteiger partial charge in [-0.3, -0.25) is 0 Å². The fourth-order valence-corrected chi connectivity index (χ4v) is 1.24. The van der Waals surface area contributed by atoms with Crippen LogP contribution in [0.2, 0.25) is 5.02 Å². The van der Waals surface area contributed by atoms with Gasteiger partial charge >= 0.3 is 0 Å². The largest absolute Gasteiger partial charge is 0.384 e. The van der Waals surface area contributed by atoms with Crippen LogP contribution in [0.25, 0.3) is 0 Å². The van der Waals surface area contributed by atoms with Gasteiger partial charge in [-0.05, 0) is 23.8 Å². The van der Waals surface area contributed by atoms with Gasteiger partial charge in [0, 0.05) is 5.02 Å². The van der Waals surface area contributed by atoms with E-state index in [2.05, 4.69) is 0 Å². The average Bonchev–Trinajstić information content (AvgIpc) is 2.04. The van der Waals surface area contributed by atoms with Gasteiger partial charge in [0.1, 0.15) is 4.49 Å². The standard InChI is InChI=1S/C9H7Cl3O/c10-7-3-1-6(2-4-7)8(13)5-9(11)12/h1-5,8,13H. The molecule has 4 heteroatoms. The molecule has 1 rings (SSSR count). The van der Waals surface area contributed by atoms with E-state index in [0.717, 1.165) is 0 Å². The van der Waals surface area contributed by atoms with Gasteiger partial charge in [-0.2, -0.15) is 0 Å². The molecule has 0 amide bonds. The fraction of sp³-hybridized carbons (Fsp3) is 0.111. The number of hydrogen-bond acceptors (Lipinski definition) is 1. The van der Waals surface area contributed by atoms with E-state index in [1.54, 1.807) is 24.3 Å². The second-order valence-electron chi connectivity index (χ2n) is 2.45.